The molecule has 5 nitrogen and oxygen atoms in total. The van der Waals surface area contributed by atoms with Crippen LogP contribution in [-0.2, 0) is 14.3 Å². The summed E-state index contributed by atoms with van der Waals surface area (Å²) in [5, 5.41) is 11.2. The molecule has 0 aromatic rings. The van der Waals surface area contributed by atoms with Crippen LogP contribution < -0.4 is 5.32 Å². The van der Waals surface area contributed by atoms with E-state index in [9.17, 15) is 9.59 Å². The van der Waals surface area contributed by atoms with Gasteiger partial charge < -0.3 is 15.2 Å². The van der Waals surface area contributed by atoms with E-state index < -0.39 is 18.0 Å². The maximum atomic E-state index is 10.6. The van der Waals surface area contributed by atoms with Gasteiger partial charge in [-0.2, -0.15) is 0 Å². The van der Waals surface area contributed by atoms with Gasteiger partial charge in [0, 0.05) is 0 Å². The Labute approximate surface area is 74.6 Å². The van der Waals surface area contributed by atoms with Gasteiger partial charge in [0.05, 0.1) is 13.7 Å². The third-order valence-corrected chi connectivity index (χ3v) is 1.33. The average Bonchev–Trinajstić information content (AvgIpc) is 2.11. The molecule has 0 heterocycles. The first-order valence-corrected chi connectivity index (χ1v) is 3.73. The maximum Gasteiger partial charge on any atom is 0.336 e. The highest BCUT2D eigenvalue weighted by molar-refractivity contribution is 6.27. The van der Waals surface area contributed by atoms with Crippen molar-refractivity contribution < 1.29 is 19.4 Å². The molecule has 70 valence electrons. The van der Waals surface area contributed by atoms with E-state index in [1.165, 1.54) is 0 Å². The molecule has 0 bridgehead atoms. The predicted octanol–water partition coefficient (Wildman–Crippen LogP) is -1.12. The van der Waals surface area contributed by atoms with Crippen LogP contribution >= 0.6 is 11.6 Å². The first kappa shape index (κ1) is 11.2. The molecule has 0 aromatic heterocycles. The summed E-state index contributed by atoms with van der Waals surface area (Å²) < 4.78 is 4.20. The van der Waals surface area contributed by atoms with Crippen molar-refractivity contribution in [3.05, 3.63) is 0 Å². The fourth-order valence-electron chi connectivity index (χ4n) is 0.477. The number of hydrogen-bond acceptors (Lipinski definition) is 4. The third kappa shape index (κ3) is 4.15. The molecule has 0 aromatic carbocycles. The second-order valence-electron chi connectivity index (χ2n) is 1.98. The van der Waals surface area contributed by atoms with Crippen LogP contribution in [0, 0.1) is 0 Å². The Hall–Kier alpha value is -0.810. The lowest BCUT2D eigenvalue weighted by atomic mass is 10.3. The molecule has 0 aliphatic heterocycles. The largest absolute Gasteiger partial charge is 0.467 e. The highest BCUT2D eigenvalue weighted by atomic mass is 35.5. The second-order valence-corrected chi connectivity index (χ2v) is 2.24. The van der Waals surface area contributed by atoms with Gasteiger partial charge in [-0.15, -0.1) is 11.6 Å². The van der Waals surface area contributed by atoms with E-state index in [1.54, 1.807) is 0 Å². The van der Waals surface area contributed by atoms with Gasteiger partial charge in [-0.1, -0.05) is 0 Å². The summed E-state index contributed by atoms with van der Waals surface area (Å²) in [5.74, 6) is -1.43. The van der Waals surface area contributed by atoms with E-state index in [2.05, 4.69) is 10.1 Å². The lowest BCUT2D eigenvalue weighted by Crippen LogP contribution is -2.37. The minimum Gasteiger partial charge on any atom is -0.467 e. The lowest BCUT2D eigenvalue weighted by molar-refractivity contribution is -0.150. The number of ether oxygens (including phenoxy) is 1. The highest BCUT2D eigenvalue weighted by Crippen LogP contribution is 1.85. The van der Waals surface area contributed by atoms with Gasteiger partial charge in [-0.05, 0) is 0 Å². The molecule has 0 saturated heterocycles. The van der Waals surface area contributed by atoms with Crippen LogP contribution in [0.3, 0.4) is 0 Å². The summed E-state index contributed by atoms with van der Waals surface area (Å²) in [6.07, 6.45) is -1.33. The van der Waals surface area contributed by atoms with E-state index >= 15 is 0 Å². The summed E-state index contributed by atoms with van der Waals surface area (Å²) in [6.45, 7) is -0.182. The number of halogens is 1. The smallest absolute Gasteiger partial charge is 0.336 e. The number of esters is 1. The number of amides is 1. The van der Waals surface area contributed by atoms with Gasteiger partial charge >= 0.3 is 5.97 Å². The van der Waals surface area contributed by atoms with Crippen LogP contribution in [0.2, 0.25) is 0 Å². The Balaban J connectivity index is 3.63. The molecule has 0 spiro atoms. The third-order valence-electron chi connectivity index (χ3n) is 1.09. The molecule has 0 unspecified atom stereocenters. The summed E-state index contributed by atoms with van der Waals surface area (Å²) >= 11 is 5.14. The Morgan fingerprint density at radius 1 is 1.67 bits per heavy atom. The van der Waals surface area contributed by atoms with Crippen molar-refractivity contribution in [3.63, 3.8) is 0 Å². The summed E-state index contributed by atoms with van der Waals surface area (Å²) in [6, 6.07) is 0. The normalized spacial score (nSPS) is 11.9. The Bertz CT molecular complexity index is 173. The number of carbonyl (C=O) groups is 2. The molecule has 0 aliphatic carbocycles. The average molecular weight is 196 g/mol. The first-order chi connectivity index (χ1) is 5.61. The van der Waals surface area contributed by atoms with E-state index in [-0.39, 0.29) is 12.4 Å². The fourth-order valence-corrected chi connectivity index (χ4v) is 0.572. The number of carbonyl (C=O) groups excluding carboxylic acids is 2. The van der Waals surface area contributed by atoms with Crippen LogP contribution in [0.4, 0.5) is 0 Å². The van der Waals surface area contributed by atoms with Gasteiger partial charge in [0.25, 0.3) is 0 Å². The van der Waals surface area contributed by atoms with Gasteiger partial charge in [0.1, 0.15) is 5.88 Å². The molecule has 2 N–H and O–H groups in total. The summed E-state index contributed by atoms with van der Waals surface area (Å²) in [5.41, 5.74) is 0. The maximum absolute atomic E-state index is 10.6. The Morgan fingerprint density at radius 2 is 2.25 bits per heavy atom. The number of aliphatic hydroxyl groups is 1. The summed E-state index contributed by atoms with van der Waals surface area (Å²) in [7, 11) is 1.15. The van der Waals surface area contributed by atoms with Crippen molar-refractivity contribution in [1.82, 2.24) is 5.32 Å². The van der Waals surface area contributed by atoms with Crippen LogP contribution in [0.1, 0.15) is 0 Å². The number of methoxy groups -OCH3 is 1. The van der Waals surface area contributed by atoms with Crippen molar-refractivity contribution >= 4 is 23.5 Å². The van der Waals surface area contributed by atoms with Crippen molar-refractivity contribution in [1.29, 1.82) is 0 Å². The molecule has 0 fully saturated rings. The zero-order valence-corrected chi connectivity index (χ0v) is 7.30. The van der Waals surface area contributed by atoms with Crippen molar-refractivity contribution in [2.75, 3.05) is 19.5 Å². The molecular weight excluding hydrogens is 186 g/mol. The molecule has 6 heteroatoms. The van der Waals surface area contributed by atoms with Crippen LogP contribution in [0.15, 0.2) is 0 Å². The van der Waals surface area contributed by atoms with Crippen LogP contribution in [0.5, 0.6) is 0 Å². The van der Waals surface area contributed by atoms with E-state index in [4.69, 9.17) is 16.7 Å². The zero-order valence-electron chi connectivity index (χ0n) is 6.54. The molecule has 12 heavy (non-hydrogen) atoms. The number of hydrogen-bond donors (Lipinski definition) is 2. The second kappa shape index (κ2) is 5.79. The quantitative estimate of drug-likeness (QED) is 0.440. The minimum atomic E-state index is -1.33. The summed E-state index contributed by atoms with van der Waals surface area (Å²) in [4.78, 5) is 21.1. The number of rotatable bonds is 4. The number of aliphatic hydroxyl groups excluding tert-OH is 1. The van der Waals surface area contributed by atoms with Crippen LogP contribution in [0.25, 0.3) is 0 Å². The van der Waals surface area contributed by atoms with Gasteiger partial charge in [-0.3, -0.25) is 4.79 Å². The lowest BCUT2D eigenvalue weighted by Gasteiger charge is -2.08. The van der Waals surface area contributed by atoms with Gasteiger partial charge in [-0.25, -0.2) is 4.79 Å². The first-order valence-electron chi connectivity index (χ1n) is 3.20. The standard InChI is InChI=1S/C6H10ClNO4/c1-12-6(11)4(9)3-8-5(10)2-7/h4,9H,2-3H2,1H3,(H,8,10)/t4-/m0/s1. The molecule has 0 rings (SSSR count). The van der Waals surface area contributed by atoms with E-state index in [1.807, 2.05) is 0 Å². The molecule has 1 amide bonds. The SMILES string of the molecule is COC(=O)[C@@H](O)CNC(=O)CCl. The molecule has 0 aliphatic rings. The van der Waals surface area contributed by atoms with Gasteiger partial charge in [0.2, 0.25) is 5.91 Å². The monoisotopic (exact) mass is 195 g/mol. The molecular formula is C6H10ClNO4. The van der Waals surface area contributed by atoms with Crippen LogP contribution in [-0.4, -0.2) is 42.6 Å². The molecule has 0 radical (unpaired) electrons. The van der Waals surface area contributed by atoms with Crippen molar-refractivity contribution in [2.24, 2.45) is 0 Å². The Morgan fingerprint density at radius 3 is 2.67 bits per heavy atom. The van der Waals surface area contributed by atoms with Crippen molar-refractivity contribution in [3.8, 4) is 0 Å². The minimum absolute atomic E-state index is 0.182. The fraction of sp³-hybridized carbons (Fsp3) is 0.667. The molecule has 1 atom stereocenters. The van der Waals surface area contributed by atoms with Crippen molar-refractivity contribution in [2.45, 2.75) is 6.10 Å². The van der Waals surface area contributed by atoms with E-state index in [0.717, 1.165) is 7.11 Å². The topological polar surface area (TPSA) is 75.6 Å². The molecule has 0 saturated carbocycles. The highest BCUT2D eigenvalue weighted by Gasteiger charge is 2.15. The number of nitrogens with one attached hydrogen (secondary N) is 1. The number of alkyl halides is 1. The van der Waals surface area contributed by atoms with E-state index in [0.29, 0.717) is 0 Å². The predicted molar refractivity (Wildman–Crippen MR) is 41.8 cm³/mol. The van der Waals surface area contributed by atoms with Gasteiger partial charge in [0.15, 0.2) is 6.10 Å². The Kier molecular flexibility index (Phi) is 5.40. The zero-order chi connectivity index (χ0) is 9.56.